The fraction of sp³-hybridized carbons (Fsp3) is 0.400. The Labute approximate surface area is 107 Å². The van der Waals surface area contributed by atoms with Crippen molar-refractivity contribution in [1.82, 2.24) is 0 Å². The fourth-order valence-corrected chi connectivity index (χ4v) is 1.48. The van der Waals surface area contributed by atoms with Crippen molar-refractivity contribution in [3.05, 3.63) is 44.3 Å². The Bertz CT molecular complexity index is 515. The molecule has 19 heavy (non-hydrogen) atoms. The van der Waals surface area contributed by atoms with Crippen molar-refractivity contribution in [2.45, 2.75) is 12.2 Å². The maximum atomic E-state index is 10.8. The van der Waals surface area contributed by atoms with Crippen LogP contribution >= 0.6 is 0 Å². The van der Waals surface area contributed by atoms with Crippen molar-refractivity contribution in [1.29, 1.82) is 0 Å². The SMILES string of the molecule is COc1ccc(C(O)C(O)CN=[N+]=[N-])cc1[N+](=O)[O-]. The first-order valence-electron chi connectivity index (χ1n) is 5.20. The molecule has 0 bridgehead atoms. The summed E-state index contributed by atoms with van der Waals surface area (Å²) < 4.78 is 4.81. The minimum Gasteiger partial charge on any atom is -0.490 e. The average molecular weight is 268 g/mol. The molecule has 1 aromatic carbocycles. The van der Waals surface area contributed by atoms with Gasteiger partial charge in [-0.3, -0.25) is 10.1 Å². The number of hydrogen-bond donors (Lipinski definition) is 2. The van der Waals surface area contributed by atoms with Crippen LogP contribution in [-0.4, -0.2) is 34.9 Å². The summed E-state index contributed by atoms with van der Waals surface area (Å²) in [5.41, 5.74) is 7.92. The molecular weight excluding hydrogens is 256 g/mol. The van der Waals surface area contributed by atoms with Crippen LogP contribution in [0.3, 0.4) is 0 Å². The highest BCUT2D eigenvalue weighted by Gasteiger charge is 2.22. The summed E-state index contributed by atoms with van der Waals surface area (Å²) in [5.74, 6) is 0.0467. The van der Waals surface area contributed by atoms with E-state index in [4.69, 9.17) is 10.3 Å². The number of rotatable bonds is 6. The Hall–Kier alpha value is -2.35. The molecule has 0 aliphatic rings. The Morgan fingerprint density at radius 1 is 1.58 bits per heavy atom. The second-order valence-corrected chi connectivity index (χ2v) is 3.61. The summed E-state index contributed by atoms with van der Waals surface area (Å²) >= 11 is 0. The van der Waals surface area contributed by atoms with Gasteiger partial charge in [-0.25, -0.2) is 0 Å². The lowest BCUT2D eigenvalue weighted by molar-refractivity contribution is -0.385. The van der Waals surface area contributed by atoms with Crippen LogP contribution in [0.2, 0.25) is 0 Å². The molecule has 9 heteroatoms. The van der Waals surface area contributed by atoms with Crippen molar-refractivity contribution in [2.24, 2.45) is 5.11 Å². The van der Waals surface area contributed by atoms with Crippen molar-refractivity contribution in [2.75, 3.05) is 13.7 Å². The van der Waals surface area contributed by atoms with Crippen LogP contribution < -0.4 is 4.74 Å². The molecule has 0 aliphatic heterocycles. The summed E-state index contributed by atoms with van der Waals surface area (Å²) in [6, 6.07) is 3.80. The number of azide groups is 1. The molecule has 1 rings (SSSR count). The highest BCUT2D eigenvalue weighted by molar-refractivity contribution is 5.49. The molecule has 0 saturated heterocycles. The van der Waals surface area contributed by atoms with E-state index < -0.39 is 17.1 Å². The van der Waals surface area contributed by atoms with Crippen molar-refractivity contribution >= 4 is 5.69 Å². The van der Waals surface area contributed by atoms with Gasteiger partial charge in [-0.1, -0.05) is 11.2 Å². The van der Waals surface area contributed by atoms with Gasteiger partial charge in [0.2, 0.25) is 0 Å². The third-order valence-corrected chi connectivity index (χ3v) is 2.44. The molecule has 1 aromatic rings. The molecule has 0 radical (unpaired) electrons. The summed E-state index contributed by atoms with van der Waals surface area (Å²) in [6.45, 7) is -0.336. The number of ether oxygens (including phenoxy) is 1. The summed E-state index contributed by atoms with van der Waals surface area (Å²) in [5, 5.41) is 33.3. The maximum absolute atomic E-state index is 10.8. The number of benzene rings is 1. The lowest BCUT2D eigenvalue weighted by Gasteiger charge is -2.16. The van der Waals surface area contributed by atoms with E-state index in [2.05, 4.69) is 10.0 Å². The van der Waals surface area contributed by atoms with E-state index in [1.807, 2.05) is 0 Å². The standard InChI is InChI=1S/C10H12N4O5/c1-19-9-3-2-6(4-7(9)14(17)18)10(16)8(15)5-12-13-11/h2-4,8,10,15-16H,5H2,1H3. The van der Waals surface area contributed by atoms with Crippen LogP contribution in [0.4, 0.5) is 5.69 Å². The Morgan fingerprint density at radius 3 is 2.79 bits per heavy atom. The molecule has 0 spiro atoms. The van der Waals surface area contributed by atoms with Crippen molar-refractivity contribution in [3.8, 4) is 5.75 Å². The van der Waals surface area contributed by atoms with Crippen LogP contribution in [0.1, 0.15) is 11.7 Å². The van der Waals surface area contributed by atoms with Gasteiger partial charge in [-0.2, -0.15) is 0 Å². The Morgan fingerprint density at radius 2 is 2.26 bits per heavy atom. The molecule has 2 N–H and O–H groups in total. The molecule has 0 amide bonds. The zero-order valence-electron chi connectivity index (χ0n) is 10.0. The maximum Gasteiger partial charge on any atom is 0.311 e. The number of methoxy groups -OCH3 is 1. The Balaban J connectivity index is 3.04. The lowest BCUT2D eigenvalue weighted by Crippen LogP contribution is -2.21. The molecule has 0 aromatic heterocycles. The van der Waals surface area contributed by atoms with E-state index in [0.717, 1.165) is 6.07 Å². The minimum absolute atomic E-state index is 0.0467. The van der Waals surface area contributed by atoms with Crippen LogP contribution in [-0.2, 0) is 0 Å². The number of nitrogens with zero attached hydrogens (tertiary/aromatic N) is 4. The molecule has 2 unspecified atom stereocenters. The highest BCUT2D eigenvalue weighted by Crippen LogP contribution is 2.30. The summed E-state index contributed by atoms with van der Waals surface area (Å²) in [6.07, 6.45) is -2.74. The highest BCUT2D eigenvalue weighted by atomic mass is 16.6. The molecule has 0 saturated carbocycles. The van der Waals surface area contributed by atoms with E-state index >= 15 is 0 Å². The lowest BCUT2D eigenvalue weighted by atomic mass is 10.0. The van der Waals surface area contributed by atoms with E-state index in [1.165, 1.54) is 19.2 Å². The zero-order chi connectivity index (χ0) is 14.4. The van der Waals surface area contributed by atoms with Crippen LogP contribution in [0.25, 0.3) is 10.4 Å². The zero-order valence-corrected chi connectivity index (χ0v) is 10.0. The number of hydrogen-bond acceptors (Lipinski definition) is 6. The van der Waals surface area contributed by atoms with E-state index in [-0.39, 0.29) is 23.5 Å². The van der Waals surface area contributed by atoms with Gasteiger partial charge in [0.1, 0.15) is 6.10 Å². The average Bonchev–Trinajstić information content (AvgIpc) is 2.42. The summed E-state index contributed by atoms with van der Waals surface area (Å²) in [4.78, 5) is 12.6. The Kier molecular flexibility index (Phi) is 5.07. The van der Waals surface area contributed by atoms with Gasteiger partial charge in [0.25, 0.3) is 0 Å². The van der Waals surface area contributed by atoms with Gasteiger partial charge in [0, 0.05) is 11.0 Å². The van der Waals surface area contributed by atoms with Crippen LogP contribution in [0.15, 0.2) is 23.3 Å². The molecule has 0 heterocycles. The number of nitro groups is 1. The van der Waals surface area contributed by atoms with Gasteiger partial charge in [-0.15, -0.1) is 0 Å². The molecule has 102 valence electrons. The van der Waals surface area contributed by atoms with E-state index in [1.54, 1.807) is 0 Å². The predicted octanol–water partition coefficient (Wildman–Crippen LogP) is 1.31. The van der Waals surface area contributed by atoms with Gasteiger partial charge < -0.3 is 14.9 Å². The van der Waals surface area contributed by atoms with Crippen molar-refractivity contribution in [3.63, 3.8) is 0 Å². The first-order valence-corrected chi connectivity index (χ1v) is 5.20. The van der Waals surface area contributed by atoms with Crippen molar-refractivity contribution < 1.29 is 19.9 Å². The molecule has 9 nitrogen and oxygen atoms in total. The van der Waals surface area contributed by atoms with Crippen LogP contribution in [0, 0.1) is 10.1 Å². The quantitative estimate of drug-likeness (QED) is 0.263. The molecule has 0 fully saturated rings. The topological polar surface area (TPSA) is 142 Å². The molecule has 2 atom stereocenters. The van der Waals surface area contributed by atoms with Gasteiger partial charge in [0.15, 0.2) is 5.75 Å². The van der Waals surface area contributed by atoms with Crippen LogP contribution in [0.5, 0.6) is 5.75 Å². The predicted molar refractivity (Wildman–Crippen MR) is 64.6 cm³/mol. The third-order valence-electron chi connectivity index (χ3n) is 2.44. The minimum atomic E-state index is -1.39. The molecule has 0 aliphatic carbocycles. The monoisotopic (exact) mass is 268 g/mol. The van der Waals surface area contributed by atoms with Gasteiger partial charge >= 0.3 is 5.69 Å². The normalized spacial score (nSPS) is 13.2. The van der Waals surface area contributed by atoms with Gasteiger partial charge in [-0.05, 0) is 17.2 Å². The first-order chi connectivity index (χ1) is 9.01. The number of aliphatic hydroxyl groups is 2. The third kappa shape index (κ3) is 3.55. The number of nitro benzene ring substituents is 1. The van der Waals surface area contributed by atoms with E-state index in [0.29, 0.717) is 0 Å². The second-order valence-electron chi connectivity index (χ2n) is 3.61. The summed E-state index contributed by atoms with van der Waals surface area (Å²) in [7, 11) is 1.29. The van der Waals surface area contributed by atoms with E-state index in [9.17, 15) is 20.3 Å². The smallest absolute Gasteiger partial charge is 0.311 e. The van der Waals surface area contributed by atoms with Gasteiger partial charge in [0.05, 0.1) is 24.7 Å². The second kappa shape index (κ2) is 6.55. The molecular formula is C10H12N4O5. The number of aliphatic hydroxyl groups excluding tert-OH is 2. The largest absolute Gasteiger partial charge is 0.490 e. The first kappa shape index (κ1) is 14.7. The fourth-order valence-electron chi connectivity index (χ4n) is 1.48.